The first kappa shape index (κ1) is 24.1. The predicted molar refractivity (Wildman–Crippen MR) is 133 cm³/mol. The van der Waals surface area contributed by atoms with Gasteiger partial charge in [0.15, 0.2) is 11.2 Å². The highest BCUT2D eigenvalue weighted by Crippen LogP contribution is 2.28. The molecule has 1 N–H and O–H groups in total. The lowest BCUT2D eigenvalue weighted by Crippen LogP contribution is -2.38. The number of aliphatic hydroxyl groups is 1. The molecule has 1 fully saturated rings. The van der Waals surface area contributed by atoms with Gasteiger partial charge in [-0.3, -0.25) is 13.9 Å². The van der Waals surface area contributed by atoms with Gasteiger partial charge < -0.3 is 19.3 Å². The van der Waals surface area contributed by atoms with E-state index in [0.717, 1.165) is 53.8 Å². The van der Waals surface area contributed by atoms with Crippen molar-refractivity contribution in [3.05, 3.63) is 50.2 Å². The average Bonchev–Trinajstić information content (AvgIpc) is 3.19. The third-order valence-electron chi connectivity index (χ3n) is 6.58. The van der Waals surface area contributed by atoms with Crippen molar-refractivity contribution in [2.24, 2.45) is 14.1 Å². The Morgan fingerprint density at radius 3 is 2.47 bits per heavy atom. The van der Waals surface area contributed by atoms with Gasteiger partial charge in [-0.1, -0.05) is 26.0 Å². The molecule has 34 heavy (non-hydrogen) atoms. The highest BCUT2D eigenvalue weighted by atomic mass is 16.5. The Kier molecular flexibility index (Phi) is 6.84. The van der Waals surface area contributed by atoms with E-state index in [4.69, 9.17) is 9.72 Å². The van der Waals surface area contributed by atoms with E-state index in [0.29, 0.717) is 23.0 Å². The zero-order chi connectivity index (χ0) is 24.6. The van der Waals surface area contributed by atoms with Crippen LogP contribution in [0.1, 0.15) is 50.2 Å². The minimum Gasteiger partial charge on any atom is -0.491 e. The minimum atomic E-state index is -0.872. The second-order valence-electron chi connectivity index (χ2n) is 9.61. The summed E-state index contributed by atoms with van der Waals surface area (Å²) >= 11 is 0. The van der Waals surface area contributed by atoms with Crippen LogP contribution in [0.25, 0.3) is 11.2 Å². The van der Waals surface area contributed by atoms with Gasteiger partial charge in [0.05, 0.1) is 6.54 Å². The summed E-state index contributed by atoms with van der Waals surface area (Å²) in [5, 5.41) is 11.0. The summed E-state index contributed by atoms with van der Waals surface area (Å²) in [5.74, 6) is 1.67. The average molecular weight is 470 g/mol. The van der Waals surface area contributed by atoms with Crippen molar-refractivity contribution < 1.29 is 9.84 Å². The van der Waals surface area contributed by atoms with Crippen LogP contribution in [-0.2, 0) is 20.6 Å². The first-order chi connectivity index (χ1) is 16.2. The highest BCUT2D eigenvalue weighted by molar-refractivity contribution is 5.74. The Morgan fingerprint density at radius 1 is 1.09 bits per heavy atom. The van der Waals surface area contributed by atoms with E-state index in [2.05, 4.69) is 30.9 Å². The first-order valence-corrected chi connectivity index (χ1v) is 12.0. The molecule has 184 valence electrons. The van der Waals surface area contributed by atoms with Crippen LogP contribution >= 0.6 is 0 Å². The molecule has 0 radical (unpaired) electrons. The molecule has 1 aliphatic heterocycles. The van der Waals surface area contributed by atoms with E-state index in [-0.39, 0.29) is 13.2 Å². The number of fused-ring (bicyclic) bond motifs is 1. The molecule has 1 saturated heterocycles. The smallest absolute Gasteiger partial charge is 0.332 e. The molecule has 9 heteroatoms. The maximum atomic E-state index is 13.1. The third kappa shape index (κ3) is 4.49. The number of ether oxygens (including phenoxy) is 1. The van der Waals surface area contributed by atoms with Crippen molar-refractivity contribution in [2.75, 3.05) is 24.6 Å². The molecule has 1 aromatic carbocycles. The van der Waals surface area contributed by atoms with Gasteiger partial charge in [-0.15, -0.1) is 0 Å². The Bertz CT molecular complexity index is 1300. The second kappa shape index (κ2) is 9.66. The topological polar surface area (TPSA) is 94.5 Å². The van der Waals surface area contributed by atoms with Gasteiger partial charge in [-0.05, 0) is 49.3 Å². The summed E-state index contributed by atoms with van der Waals surface area (Å²) in [5.41, 5.74) is 2.00. The van der Waals surface area contributed by atoms with Gasteiger partial charge in [0, 0.05) is 27.2 Å². The molecule has 0 unspecified atom stereocenters. The van der Waals surface area contributed by atoms with E-state index < -0.39 is 17.4 Å². The molecular formula is C25H35N5O4. The van der Waals surface area contributed by atoms with E-state index in [1.165, 1.54) is 11.6 Å². The monoisotopic (exact) mass is 469 g/mol. The number of hydrogen-bond donors (Lipinski definition) is 1. The highest BCUT2D eigenvalue weighted by Gasteiger charge is 2.25. The Labute approximate surface area is 199 Å². The van der Waals surface area contributed by atoms with Crippen molar-refractivity contribution in [1.82, 2.24) is 18.7 Å². The minimum absolute atomic E-state index is 0.0777. The quantitative estimate of drug-likeness (QED) is 0.571. The molecule has 4 rings (SSSR count). The zero-order valence-corrected chi connectivity index (χ0v) is 20.7. The van der Waals surface area contributed by atoms with Gasteiger partial charge in [-0.25, -0.2) is 4.79 Å². The molecule has 0 spiro atoms. The maximum absolute atomic E-state index is 13.1. The lowest BCUT2D eigenvalue weighted by atomic mass is 10.0. The van der Waals surface area contributed by atoms with E-state index in [1.54, 1.807) is 11.6 Å². The fourth-order valence-corrected chi connectivity index (χ4v) is 4.64. The zero-order valence-electron chi connectivity index (χ0n) is 20.7. The van der Waals surface area contributed by atoms with E-state index in [9.17, 15) is 14.7 Å². The Hall–Kier alpha value is -3.07. The van der Waals surface area contributed by atoms with Crippen molar-refractivity contribution in [3.8, 4) is 5.75 Å². The molecule has 1 atom stereocenters. The summed E-state index contributed by atoms with van der Waals surface area (Å²) in [6.45, 7) is 8.09. The fraction of sp³-hybridized carbons (Fsp3) is 0.560. The standard InChI is InChI=1S/C25H35N5O4/c1-16(2)19-10-9-17(3)13-20(19)34-15-18(31)14-30-21-22(27(4)25(33)28(5)23(21)32)26-24(30)29-11-7-6-8-12-29/h9-10,13,16,18,31H,6-8,11-12,14-15H2,1-5H3/t18-/m1/s1. The van der Waals surface area contributed by atoms with Crippen molar-refractivity contribution in [1.29, 1.82) is 0 Å². The number of imidazole rings is 1. The summed E-state index contributed by atoms with van der Waals surface area (Å²) in [6, 6.07) is 6.10. The lowest BCUT2D eigenvalue weighted by Gasteiger charge is -2.28. The van der Waals surface area contributed by atoms with Crippen LogP contribution < -0.4 is 20.9 Å². The summed E-state index contributed by atoms with van der Waals surface area (Å²) in [7, 11) is 3.08. The molecule has 0 aliphatic carbocycles. The molecule has 1 aliphatic rings. The van der Waals surface area contributed by atoms with Crippen LogP contribution in [0.4, 0.5) is 5.95 Å². The predicted octanol–water partition coefficient (Wildman–Crippen LogP) is 2.30. The molecule has 9 nitrogen and oxygen atoms in total. The molecule has 0 bridgehead atoms. The lowest BCUT2D eigenvalue weighted by molar-refractivity contribution is 0.0929. The second-order valence-corrected chi connectivity index (χ2v) is 9.61. The summed E-state index contributed by atoms with van der Waals surface area (Å²) in [6.07, 6.45) is 2.36. The van der Waals surface area contributed by atoms with Crippen LogP contribution in [0, 0.1) is 6.92 Å². The van der Waals surface area contributed by atoms with Crippen LogP contribution in [0.2, 0.25) is 0 Å². The van der Waals surface area contributed by atoms with Crippen LogP contribution in [-0.4, -0.2) is 49.6 Å². The summed E-state index contributed by atoms with van der Waals surface area (Å²) < 4.78 is 10.3. The number of piperidine rings is 1. The number of anilines is 1. The van der Waals surface area contributed by atoms with Gasteiger partial charge in [-0.2, -0.15) is 4.98 Å². The maximum Gasteiger partial charge on any atom is 0.332 e. The Morgan fingerprint density at radius 2 is 1.79 bits per heavy atom. The molecule has 0 amide bonds. The summed E-state index contributed by atoms with van der Waals surface area (Å²) in [4.78, 5) is 32.4. The van der Waals surface area contributed by atoms with Crippen molar-refractivity contribution in [3.63, 3.8) is 0 Å². The van der Waals surface area contributed by atoms with Gasteiger partial charge >= 0.3 is 5.69 Å². The van der Waals surface area contributed by atoms with Gasteiger partial charge in [0.1, 0.15) is 18.5 Å². The fourth-order valence-electron chi connectivity index (χ4n) is 4.64. The molecule has 3 aromatic rings. The number of aromatic nitrogens is 4. The normalized spacial score (nSPS) is 15.3. The third-order valence-corrected chi connectivity index (χ3v) is 6.58. The van der Waals surface area contributed by atoms with Crippen molar-refractivity contribution >= 4 is 17.1 Å². The number of benzene rings is 1. The largest absolute Gasteiger partial charge is 0.491 e. The van der Waals surface area contributed by atoms with E-state index in [1.807, 2.05) is 13.0 Å². The van der Waals surface area contributed by atoms with Crippen LogP contribution in [0.15, 0.2) is 27.8 Å². The molecule has 2 aromatic heterocycles. The van der Waals surface area contributed by atoms with Gasteiger partial charge in [0.25, 0.3) is 5.56 Å². The van der Waals surface area contributed by atoms with Gasteiger partial charge in [0.2, 0.25) is 5.95 Å². The molecular weight excluding hydrogens is 434 g/mol. The first-order valence-electron chi connectivity index (χ1n) is 12.0. The van der Waals surface area contributed by atoms with E-state index >= 15 is 0 Å². The van der Waals surface area contributed by atoms with Crippen molar-refractivity contribution in [2.45, 2.75) is 58.6 Å². The number of aryl methyl sites for hydroxylation is 2. The number of rotatable bonds is 7. The van der Waals surface area contributed by atoms with Crippen LogP contribution in [0.3, 0.4) is 0 Å². The number of hydrogen-bond acceptors (Lipinski definition) is 6. The van der Waals surface area contributed by atoms with Crippen LogP contribution in [0.5, 0.6) is 5.75 Å². The SMILES string of the molecule is Cc1ccc(C(C)C)c(OC[C@H](O)Cn2c(N3CCCCC3)nc3c2c(=O)n(C)c(=O)n3C)c1. The number of nitrogens with zero attached hydrogens (tertiary/aromatic N) is 5. The molecule has 3 heterocycles. The molecule has 0 saturated carbocycles. The Balaban J connectivity index is 1.69. The number of aliphatic hydroxyl groups excluding tert-OH is 1.